The Bertz CT molecular complexity index is 1740. The molecule has 0 heterocycles. The van der Waals surface area contributed by atoms with Gasteiger partial charge >= 0.3 is 25.7 Å². The van der Waals surface area contributed by atoms with E-state index in [1.165, 1.54) is 70.6 Å². The van der Waals surface area contributed by atoms with E-state index in [4.69, 9.17) is 23.3 Å². The normalized spacial score (nSPS) is 14.2. The van der Waals surface area contributed by atoms with Crippen LogP contribution in [0.3, 0.4) is 0 Å². The summed E-state index contributed by atoms with van der Waals surface area (Å²) in [5, 5.41) is 9.82. The van der Waals surface area contributed by atoms with Gasteiger partial charge in [-0.25, -0.2) is 4.57 Å². The summed E-state index contributed by atoms with van der Waals surface area (Å²) in [5.74, 6) is -1.66. The number of unbranched alkanes of at least 4 members (excludes halogenated alkanes) is 17. The van der Waals surface area contributed by atoms with E-state index in [0.29, 0.717) is 19.3 Å². The van der Waals surface area contributed by atoms with Crippen LogP contribution >= 0.6 is 7.82 Å². The van der Waals surface area contributed by atoms with Crippen molar-refractivity contribution in [3.8, 4) is 0 Å². The van der Waals surface area contributed by atoms with E-state index in [9.17, 15) is 28.9 Å². The molecule has 0 aliphatic rings. The lowest BCUT2D eigenvalue weighted by atomic mass is 10.0. The molecule has 0 aliphatic carbocycles. The van der Waals surface area contributed by atoms with Crippen LogP contribution in [0.25, 0.3) is 0 Å². The Hall–Kier alpha value is -4.12. The van der Waals surface area contributed by atoms with Gasteiger partial charge in [0, 0.05) is 12.8 Å². The van der Waals surface area contributed by atoms with Gasteiger partial charge in [0.05, 0.1) is 26.2 Å². The average molecular weight is 1080 g/mol. The van der Waals surface area contributed by atoms with E-state index in [1.807, 2.05) is 12.2 Å². The van der Waals surface area contributed by atoms with Crippen LogP contribution in [0.2, 0.25) is 0 Å². The minimum absolute atomic E-state index is 0.0186. The maximum absolute atomic E-state index is 12.9. The van der Waals surface area contributed by atoms with Gasteiger partial charge in [-0.3, -0.25) is 23.4 Å². The fraction of sp³-hybridized carbons (Fsp3) is 0.641. The largest absolute Gasteiger partial charge is 0.472 e. The van der Waals surface area contributed by atoms with Crippen LogP contribution in [0.1, 0.15) is 226 Å². The highest BCUT2D eigenvalue weighted by Gasteiger charge is 2.28. The summed E-state index contributed by atoms with van der Waals surface area (Å²) >= 11 is 0. The van der Waals surface area contributed by atoms with Crippen LogP contribution in [0.15, 0.2) is 122 Å². The molecule has 0 spiro atoms. The highest BCUT2D eigenvalue weighted by atomic mass is 31.2. The number of hydrogen-bond acceptors (Lipinski definition) is 10. The van der Waals surface area contributed by atoms with Crippen molar-refractivity contribution < 1.29 is 52.2 Å². The summed E-state index contributed by atoms with van der Waals surface area (Å²) in [6, 6.07) is 0. The molecule has 432 valence electrons. The van der Waals surface area contributed by atoms with E-state index < -0.39 is 64.4 Å². The zero-order chi connectivity index (χ0) is 55.5. The van der Waals surface area contributed by atoms with Crippen molar-refractivity contribution in [2.75, 3.05) is 26.4 Å². The number of phosphoric acid groups is 1. The fourth-order valence-electron chi connectivity index (χ4n) is 7.51. The third-order valence-electron chi connectivity index (χ3n) is 11.9. The third kappa shape index (κ3) is 54.7. The molecule has 0 saturated carbocycles. The Labute approximate surface area is 462 Å². The zero-order valence-corrected chi connectivity index (χ0v) is 48.6. The molecule has 0 aliphatic heterocycles. The number of aliphatic hydroxyl groups is 1. The number of aliphatic hydroxyl groups excluding tert-OH is 1. The number of phosphoric ester groups is 1. The van der Waals surface area contributed by atoms with E-state index in [-0.39, 0.29) is 19.3 Å². The number of esters is 3. The van der Waals surface area contributed by atoms with E-state index >= 15 is 0 Å². The first kappa shape index (κ1) is 71.9. The lowest BCUT2D eigenvalue weighted by Crippen LogP contribution is -2.30. The molecule has 0 aromatic heterocycles. The summed E-state index contributed by atoms with van der Waals surface area (Å²) in [7, 11) is -4.78. The first-order valence-corrected chi connectivity index (χ1v) is 30.9. The summed E-state index contributed by atoms with van der Waals surface area (Å²) in [4.78, 5) is 48.5. The first-order valence-electron chi connectivity index (χ1n) is 29.4. The van der Waals surface area contributed by atoms with Crippen LogP contribution < -0.4 is 0 Å². The molecule has 0 aromatic rings. The molecule has 0 fully saturated rings. The Kier molecular flexibility index (Phi) is 54.0. The van der Waals surface area contributed by atoms with Crippen LogP contribution in [0, 0.1) is 0 Å². The zero-order valence-electron chi connectivity index (χ0n) is 47.7. The van der Waals surface area contributed by atoms with Gasteiger partial charge in [0.15, 0.2) is 6.10 Å². The molecule has 2 N–H and O–H groups in total. The smallest absolute Gasteiger partial charge is 0.461 e. The topological polar surface area (TPSA) is 155 Å². The fourth-order valence-corrected chi connectivity index (χ4v) is 8.30. The molecule has 0 bridgehead atoms. The highest BCUT2D eigenvalue weighted by Crippen LogP contribution is 2.43. The van der Waals surface area contributed by atoms with Gasteiger partial charge in [-0.15, -0.1) is 0 Å². The Balaban J connectivity index is 4.88. The molecule has 0 amide bonds. The third-order valence-corrected chi connectivity index (χ3v) is 12.9. The van der Waals surface area contributed by atoms with Gasteiger partial charge in [0.2, 0.25) is 0 Å². The summed E-state index contributed by atoms with van der Waals surface area (Å²) in [6.07, 6.45) is 70.4. The predicted octanol–water partition coefficient (Wildman–Crippen LogP) is 17.6. The van der Waals surface area contributed by atoms with Crippen LogP contribution in [0.5, 0.6) is 0 Å². The summed E-state index contributed by atoms with van der Waals surface area (Å²) < 4.78 is 39.4. The number of hydrogen-bond donors (Lipinski definition) is 2. The number of rotatable bonds is 53. The molecule has 11 nitrogen and oxygen atoms in total. The monoisotopic (exact) mass is 1080 g/mol. The van der Waals surface area contributed by atoms with Crippen molar-refractivity contribution in [2.24, 2.45) is 0 Å². The van der Waals surface area contributed by atoms with Gasteiger partial charge in [-0.2, -0.15) is 0 Å². The SMILES string of the molecule is CC/C=C\C/C=C\C/C=C\C/C=C\C/C=C\CCCCCC(=O)OC(COC(=O)C/C=C\C/C=C\C/C=C\C/C=C\C/C=C\CC)COP(=O)(O)OCC(CO)OC(=O)CCCCCCCCCCCCCCCCC. The van der Waals surface area contributed by atoms with Gasteiger partial charge in [-0.05, 0) is 89.9 Å². The van der Waals surface area contributed by atoms with Crippen molar-refractivity contribution in [3.63, 3.8) is 0 Å². The standard InChI is InChI=1S/C64H105O11P/c1-4-7-10-13-16-19-22-25-28-29-30-31-34-37-40-43-46-49-52-55-64(68)75-61(57-71-62(66)53-50-47-44-41-38-35-32-26-23-20-17-14-11-8-5-2)59-73-76(69,70)72-58-60(56-65)74-63(67)54-51-48-45-42-39-36-33-27-24-21-18-15-12-9-6-3/h7-8,10-11,16-17,19-20,25-26,28,30-32,37-38,40-41,47,50,60-61,65H,4-6,9,12-15,18,21-24,27,29,33-36,39,42-46,48-49,51-59H2,1-3H3,(H,69,70)/b10-7-,11-8-,19-16-,20-17-,28-25-,31-30-,32-26-,40-37-,41-38-,50-47-. The second-order valence-electron chi connectivity index (χ2n) is 19.1. The number of ether oxygens (including phenoxy) is 3. The minimum atomic E-state index is -4.78. The molecular formula is C64H105O11P. The first-order chi connectivity index (χ1) is 37.2. The summed E-state index contributed by atoms with van der Waals surface area (Å²) in [6.45, 7) is 4.27. The van der Waals surface area contributed by atoms with Gasteiger partial charge in [-0.1, -0.05) is 239 Å². The van der Waals surface area contributed by atoms with Crippen molar-refractivity contribution >= 4 is 25.7 Å². The summed E-state index contributed by atoms with van der Waals surface area (Å²) in [5.41, 5.74) is 0. The average Bonchev–Trinajstić information content (AvgIpc) is 3.41. The minimum Gasteiger partial charge on any atom is -0.461 e. The number of allylic oxidation sites excluding steroid dienone is 19. The maximum atomic E-state index is 12.9. The molecule has 3 unspecified atom stereocenters. The number of carbonyl (C=O) groups excluding carboxylic acids is 3. The molecule has 3 atom stereocenters. The molecule has 12 heteroatoms. The Morgan fingerprint density at radius 1 is 0.395 bits per heavy atom. The van der Waals surface area contributed by atoms with E-state index in [2.05, 4.69) is 124 Å². The van der Waals surface area contributed by atoms with Crippen molar-refractivity contribution in [1.29, 1.82) is 0 Å². The van der Waals surface area contributed by atoms with Gasteiger partial charge in [0.25, 0.3) is 0 Å². The van der Waals surface area contributed by atoms with Gasteiger partial charge in [0.1, 0.15) is 12.7 Å². The second kappa shape index (κ2) is 57.1. The van der Waals surface area contributed by atoms with Crippen molar-refractivity contribution in [1.82, 2.24) is 0 Å². The molecule has 0 aromatic carbocycles. The van der Waals surface area contributed by atoms with Gasteiger partial charge < -0.3 is 24.2 Å². The second-order valence-corrected chi connectivity index (χ2v) is 20.5. The van der Waals surface area contributed by atoms with Crippen LogP contribution in [-0.4, -0.2) is 66.5 Å². The lowest BCUT2D eigenvalue weighted by molar-refractivity contribution is -0.161. The Morgan fingerprint density at radius 2 is 0.724 bits per heavy atom. The maximum Gasteiger partial charge on any atom is 0.472 e. The van der Waals surface area contributed by atoms with Crippen molar-refractivity contribution in [2.45, 2.75) is 238 Å². The molecule has 0 saturated heterocycles. The van der Waals surface area contributed by atoms with E-state index in [0.717, 1.165) is 96.3 Å². The number of carbonyl (C=O) groups is 3. The predicted molar refractivity (Wildman–Crippen MR) is 316 cm³/mol. The molecular weight excluding hydrogens is 976 g/mol. The van der Waals surface area contributed by atoms with Crippen LogP contribution in [-0.2, 0) is 42.2 Å². The highest BCUT2D eigenvalue weighted by molar-refractivity contribution is 7.47. The molecule has 0 rings (SSSR count). The molecule has 0 radical (unpaired) electrons. The Morgan fingerprint density at radius 3 is 1.12 bits per heavy atom. The van der Waals surface area contributed by atoms with Crippen molar-refractivity contribution in [3.05, 3.63) is 122 Å². The lowest BCUT2D eigenvalue weighted by Gasteiger charge is -2.21. The quantitative estimate of drug-likeness (QED) is 0.0197. The van der Waals surface area contributed by atoms with Crippen LogP contribution in [0.4, 0.5) is 0 Å². The molecule has 76 heavy (non-hydrogen) atoms. The van der Waals surface area contributed by atoms with E-state index in [1.54, 1.807) is 6.08 Å².